The van der Waals surface area contributed by atoms with Crippen LogP contribution in [0.25, 0.3) is 6.08 Å². The van der Waals surface area contributed by atoms with Crippen molar-refractivity contribution in [3.63, 3.8) is 0 Å². The number of ether oxygens (including phenoxy) is 1. The van der Waals surface area contributed by atoms with Crippen LogP contribution in [0.2, 0.25) is 0 Å². The molecule has 1 N–H and O–H groups in total. The van der Waals surface area contributed by atoms with Gasteiger partial charge < -0.3 is 15.0 Å². The van der Waals surface area contributed by atoms with Gasteiger partial charge in [-0.3, -0.25) is 9.59 Å². The van der Waals surface area contributed by atoms with Crippen LogP contribution in [-0.2, 0) is 19.7 Å². The molecule has 0 aliphatic carbocycles. The topological polar surface area (TPSA) is 58.6 Å². The van der Waals surface area contributed by atoms with Crippen molar-refractivity contribution in [2.45, 2.75) is 52.4 Å². The van der Waals surface area contributed by atoms with E-state index in [1.165, 1.54) is 5.56 Å². The van der Waals surface area contributed by atoms with Crippen LogP contribution in [-0.4, -0.2) is 49.6 Å². The fourth-order valence-corrected chi connectivity index (χ4v) is 3.40. The molecular weight excluding hydrogens is 364 g/mol. The maximum absolute atomic E-state index is 12.5. The van der Waals surface area contributed by atoms with Gasteiger partial charge in [-0.1, -0.05) is 45.0 Å². The summed E-state index contributed by atoms with van der Waals surface area (Å²) in [6, 6.07) is 8.32. The zero-order valence-corrected chi connectivity index (χ0v) is 18.4. The van der Waals surface area contributed by atoms with Crippen molar-refractivity contribution in [2.75, 3.05) is 32.8 Å². The summed E-state index contributed by atoms with van der Waals surface area (Å²) < 4.78 is 5.27. The fourth-order valence-electron chi connectivity index (χ4n) is 3.40. The predicted molar refractivity (Wildman–Crippen MR) is 118 cm³/mol. The highest BCUT2D eigenvalue weighted by Crippen LogP contribution is 2.22. The van der Waals surface area contributed by atoms with Crippen LogP contribution in [0.1, 0.15) is 58.1 Å². The number of likely N-dealkylation sites (tertiary alicyclic amines) is 1. The molecule has 160 valence electrons. The van der Waals surface area contributed by atoms with Gasteiger partial charge in [0.2, 0.25) is 11.8 Å². The third kappa shape index (κ3) is 7.65. The number of nitrogens with zero attached hydrogens (tertiary/aromatic N) is 1. The van der Waals surface area contributed by atoms with E-state index in [9.17, 15) is 9.59 Å². The van der Waals surface area contributed by atoms with Gasteiger partial charge in [0.25, 0.3) is 0 Å². The Kier molecular flexibility index (Phi) is 8.90. The molecule has 0 spiro atoms. The number of hydrogen-bond donors (Lipinski definition) is 1. The number of carbonyl (C=O) groups excluding carboxylic acids is 2. The first-order valence-corrected chi connectivity index (χ1v) is 10.7. The number of amides is 2. The zero-order chi connectivity index (χ0) is 21.3. The number of rotatable bonds is 8. The molecule has 1 aliphatic rings. The predicted octanol–water partition coefficient (Wildman–Crippen LogP) is 3.78. The van der Waals surface area contributed by atoms with Gasteiger partial charge in [-0.2, -0.15) is 0 Å². The molecule has 1 aromatic carbocycles. The van der Waals surface area contributed by atoms with E-state index in [2.05, 4.69) is 38.2 Å². The molecule has 29 heavy (non-hydrogen) atoms. The highest BCUT2D eigenvalue weighted by Gasteiger charge is 2.26. The van der Waals surface area contributed by atoms with Crippen LogP contribution in [0, 0.1) is 5.92 Å². The molecule has 0 aromatic heterocycles. The monoisotopic (exact) mass is 400 g/mol. The van der Waals surface area contributed by atoms with Gasteiger partial charge in [-0.25, -0.2) is 0 Å². The molecular formula is C24H36N2O3. The van der Waals surface area contributed by atoms with E-state index in [0.717, 1.165) is 24.8 Å². The molecule has 1 saturated heterocycles. The summed E-state index contributed by atoms with van der Waals surface area (Å²) >= 11 is 0. The normalized spacial score (nSPS) is 15.7. The molecule has 1 aliphatic heterocycles. The third-order valence-electron chi connectivity index (χ3n) is 5.34. The van der Waals surface area contributed by atoms with Gasteiger partial charge in [0.1, 0.15) is 0 Å². The Morgan fingerprint density at radius 1 is 1.17 bits per heavy atom. The quantitative estimate of drug-likeness (QED) is 0.534. The van der Waals surface area contributed by atoms with Crippen LogP contribution in [0.15, 0.2) is 30.3 Å². The van der Waals surface area contributed by atoms with Crippen molar-refractivity contribution in [3.8, 4) is 0 Å². The van der Waals surface area contributed by atoms with Crippen LogP contribution < -0.4 is 5.32 Å². The van der Waals surface area contributed by atoms with Crippen molar-refractivity contribution < 1.29 is 14.3 Å². The van der Waals surface area contributed by atoms with E-state index in [4.69, 9.17) is 4.74 Å². The summed E-state index contributed by atoms with van der Waals surface area (Å²) in [5.41, 5.74) is 2.42. The molecule has 5 heteroatoms. The lowest BCUT2D eigenvalue weighted by Gasteiger charge is -2.30. The second-order valence-electron chi connectivity index (χ2n) is 8.65. The summed E-state index contributed by atoms with van der Waals surface area (Å²) in [7, 11) is 0. The van der Waals surface area contributed by atoms with Gasteiger partial charge in [0, 0.05) is 44.8 Å². The zero-order valence-electron chi connectivity index (χ0n) is 18.4. The Morgan fingerprint density at radius 2 is 1.83 bits per heavy atom. The number of benzene rings is 1. The largest absolute Gasteiger partial charge is 0.382 e. The molecule has 0 unspecified atom stereocenters. The molecule has 0 saturated carbocycles. The molecule has 2 amide bonds. The maximum atomic E-state index is 12.5. The van der Waals surface area contributed by atoms with E-state index >= 15 is 0 Å². The van der Waals surface area contributed by atoms with Gasteiger partial charge in [0.15, 0.2) is 0 Å². The third-order valence-corrected chi connectivity index (χ3v) is 5.34. The van der Waals surface area contributed by atoms with E-state index in [0.29, 0.717) is 32.8 Å². The van der Waals surface area contributed by atoms with Gasteiger partial charge in [-0.05, 0) is 48.8 Å². The minimum Gasteiger partial charge on any atom is -0.382 e. The lowest BCUT2D eigenvalue weighted by molar-refractivity contribution is -0.132. The van der Waals surface area contributed by atoms with E-state index < -0.39 is 0 Å². The Morgan fingerprint density at radius 3 is 2.41 bits per heavy atom. The van der Waals surface area contributed by atoms with E-state index in [1.807, 2.05) is 30.0 Å². The van der Waals surface area contributed by atoms with Crippen LogP contribution in [0.3, 0.4) is 0 Å². The smallest absolute Gasteiger partial charge is 0.246 e. The van der Waals surface area contributed by atoms with Crippen molar-refractivity contribution in [1.82, 2.24) is 10.2 Å². The van der Waals surface area contributed by atoms with Gasteiger partial charge in [-0.15, -0.1) is 0 Å². The second kappa shape index (κ2) is 11.1. The fraction of sp³-hybridized carbons (Fsp3) is 0.583. The second-order valence-corrected chi connectivity index (χ2v) is 8.65. The molecule has 2 rings (SSSR count). The highest BCUT2D eigenvalue weighted by atomic mass is 16.5. The Balaban J connectivity index is 1.75. The van der Waals surface area contributed by atoms with E-state index in [1.54, 1.807) is 6.08 Å². The first-order valence-electron chi connectivity index (χ1n) is 10.7. The van der Waals surface area contributed by atoms with Crippen LogP contribution in [0.5, 0.6) is 0 Å². The minimum absolute atomic E-state index is 0.0000607. The average Bonchev–Trinajstić information content (AvgIpc) is 2.71. The summed E-state index contributed by atoms with van der Waals surface area (Å²) in [6.07, 6.45) is 5.78. The van der Waals surface area contributed by atoms with Crippen molar-refractivity contribution >= 4 is 17.9 Å². The Hall–Kier alpha value is -2.14. The summed E-state index contributed by atoms with van der Waals surface area (Å²) in [5, 5.41) is 2.98. The molecule has 0 radical (unpaired) electrons. The summed E-state index contributed by atoms with van der Waals surface area (Å²) in [5.74, 6) is 0.114. The summed E-state index contributed by atoms with van der Waals surface area (Å²) in [6.45, 7) is 11.8. The lowest BCUT2D eigenvalue weighted by atomic mass is 9.87. The Bertz CT molecular complexity index is 681. The SMILES string of the molecule is CCOCCCNC(=O)C1CCN(C(=O)/C=C/c2ccc(C(C)(C)C)cc2)CC1. The average molecular weight is 401 g/mol. The van der Waals surface area contributed by atoms with Crippen molar-refractivity contribution in [2.24, 2.45) is 5.92 Å². The molecule has 0 atom stereocenters. The highest BCUT2D eigenvalue weighted by molar-refractivity contribution is 5.92. The summed E-state index contributed by atoms with van der Waals surface area (Å²) in [4.78, 5) is 26.6. The number of piperidine rings is 1. The minimum atomic E-state index is 0.0000607. The van der Waals surface area contributed by atoms with Crippen LogP contribution >= 0.6 is 0 Å². The lowest BCUT2D eigenvalue weighted by Crippen LogP contribution is -2.42. The molecule has 0 bridgehead atoms. The van der Waals surface area contributed by atoms with E-state index in [-0.39, 0.29) is 23.1 Å². The molecule has 1 aromatic rings. The Labute approximate surface area is 175 Å². The molecule has 5 nitrogen and oxygen atoms in total. The number of hydrogen-bond acceptors (Lipinski definition) is 3. The first kappa shape index (κ1) is 23.1. The first-order chi connectivity index (χ1) is 13.8. The van der Waals surface area contributed by atoms with Gasteiger partial charge in [0.05, 0.1) is 0 Å². The van der Waals surface area contributed by atoms with Gasteiger partial charge >= 0.3 is 0 Å². The van der Waals surface area contributed by atoms with Crippen molar-refractivity contribution in [3.05, 3.63) is 41.5 Å². The maximum Gasteiger partial charge on any atom is 0.246 e. The standard InChI is InChI=1S/C24H36N2O3/c1-5-29-18-6-15-25-23(28)20-13-16-26(17-14-20)22(27)12-9-19-7-10-21(11-8-19)24(2,3)4/h7-12,20H,5-6,13-18H2,1-4H3,(H,25,28)/b12-9+. The number of nitrogens with one attached hydrogen (secondary N) is 1. The molecule has 1 fully saturated rings. The number of carbonyl (C=O) groups is 2. The van der Waals surface area contributed by atoms with Crippen molar-refractivity contribution in [1.29, 1.82) is 0 Å². The van der Waals surface area contributed by atoms with Crippen LogP contribution in [0.4, 0.5) is 0 Å². The molecule has 1 heterocycles.